The summed E-state index contributed by atoms with van der Waals surface area (Å²) in [4.78, 5) is 21.3. The number of aliphatic hydroxyl groups excluding tert-OH is 1. The van der Waals surface area contributed by atoms with Gasteiger partial charge in [-0.05, 0) is 25.8 Å². The molecule has 0 aromatic carbocycles. The molecule has 3 fully saturated rings. The molecular formula is C17H26N4O3S. The monoisotopic (exact) mass is 366 g/mol. The number of amides is 1. The first kappa shape index (κ1) is 17.4. The highest BCUT2D eigenvalue weighted by molar-refractivity contribution is 7.09. The molecule has 0 bridgehead atoms. The molecule has 3 aliphatic rings. The fraction of sp³-hybridized carbons (Fsp3) is 0.765. The van der Waals surface area contributed by atoms with Crippen LogP contribution in [0.1, 0.15) is 24.3 Å². The van der Waals surface area contributed by atoms with Crippen LogP contribution in [-0.4, -0.2) is 82.9 Å². The Morgan fingerprint density at radius 3 is 2.96 bits per heavy atom. The molecule has 25 heavy (non-hydrogen) atoms. The predicted molar refractivity (Wildman–Crippen MR) is 94.3 cm³/mol. The van der Waals surface area contributed by atoms with E-state index in [1.165, 1.54) is 0 Å². The quantitative estimate of drug-likeness (QED) is 0.788. The number of carbonyl (C=O) groups excluding carboxylic acids is 1. The summed E-state index contributed by atoms with van der Waals surface area (Å²) >= 11 is 1.69. The van der Waals surface area contributed by atoms with E-state index in [1.54, 1.807) is 11.3 Å². The summed E-state index contributed by atoms with van der Waals surface area (Å²) in [5, 5.41) is 16.2. The number of rotatable bonds is 3. The molecule has 138 valence electrons. The van der Waals surface area contributed by atoms with Crippen LogP contribution >= 0.6 is 11.3 Å². The zero-order valence-corrected chi connectivity index (χ0v) is 15.2. The number of hydrogen-bond donors (Lipinski definition) is 2. The first-order valence-corrected chi connectivity index (χ1v) is 9.98. The van der Waals surface area contributed by atoms with Gasteiger partial charge in [-0.3, -0.25) is 9.69 Å². The van der Waals surface area contributed by atoms with Crippen molar-refractivity contribution in [1.82, 2.24) is 20.1 Å². The maximum absolute atomic E-state index is 12.6. The molecule has 1 amide bonds. The summed E-state index contributed by atoms with van der Waals surface area (Å²) in [6.07, 6.45) is 3.67. The maximum atomic E-state index is 12.6. The van der Waals surface area contributed by atoms with Crippen molar-refractivity contribution >= 4 is 17.2 Å². The summed E-state index contributed by atoms with van der Waals surface area (Å²) in [7, 11) is 0. The lowest BCUT2D eigenvalue weighted by Gasteiger charge is -2.47. The number of nitrogens with zero attached hydrogens (tertiary/aromatic N) is 3. The van der Waals surface area contributed by atoms with Gasteiger partial charge in [-0.1, -0.05) is 0 Å². The van der Waals surface area contributed by atoms with Crippen LogP contribution in [-0.2, 0) is 16.1 Å². The third-order valence-corrected chi connectivity index (χ3v) is 6.38. The zero-order chi connectivity index (χ0) is 17.3. The number of aliphatic hydroxyl groups is 1. The van der Waals surface area contributed by atoms with Gasteiger partial charge in [-0.2, -0.15) is 0 Å². The molecule has 0 aliphatic carbocycles. The van der Waals surface area contributed by atoms with Gasteiger partial charge >= 0.3 is 0 Å². The molecule has 4 heterocycles. The van der Waals surface area contributed by atoms with Gasteiger partial charge in [0.15, 0.2) is 0 Å². The molecule has 0 saturated carbocycles. The van der Waals surface area contributed by atoms with E-state index in [0.29, 0.717) is 26.1 Å². The average Bonchev–Trinajstić information content (AvgIpc) is 3.27. The number of nitrogens with one attached hydrogen (secondary N) is 1. The Balaban J connectivity index is 1.33. The van der Waals surface area contributed by atoms with E-state index in [-0.39, 0.29) is 11.5 Å². The molecule has 2 N–H and O–H groups in total. The molecule has 2 atom stereocenters. The van der Waals surface area contributed by atoms with E-state index in [9.17, 15) is 9.90 Å². The molecule has 0 radical (unpaired) electrons. The first-order chi connectivity index (χ1) is 12.2. The minimum Gasteiger partial charge on any atom is -0.391 e. The van der Waals surface area contributed by atoms with E-state index < -0.39 is 12.1 Å². The Labute approximate surface area is 152 Å². The largest absolute Gasteiger partial charge is 0.391 e. The van der Waals surface area contributed by atoms with Gasteiger partial charge in [0, 0.05) is 37.8 Å². The van der Waals surface area contributed by atoms with E-state index in [2.05, 4.69) is 15.2 Å². The average molecular weight is 366 g/mol. The number of piperidine rings is 1. The van der Waals surface area contributed by atoms with Crippen molar-refractivity contribution in [3.8, 4) is 0 Å². The van der Waals surface area contributed by atoms with Crippen LogP contribution in [0.5, 0.6) is 0 Å². The lowest BCUT2D eigenvalue weighted by atomic mass is 9.89. The van der Waals surface area contributed by atoms with Crippen molar-refractivity contribution in [1.29, 1.82) is 0 Å². The summed E-state index contributed by atoms with van der Waals surface area (Å²) in [5.41, 5.74) is -0.145. The van der Waals surface area contributed by atoms with E-state index in [4.69, 9.17) is 4.74 Å². The number of thiazole rings is 1. The topological polar surface area (TPSA) is 77.9 Å². The van der Waals surface area contributed by atoms with Gasteiger partial charge < -0.3 is 20.1 Å². The number of hydrogen-bond acceptors (Lipinski definition) is 7. The minimum atomic E-state index is -0.553. The number of likely N-dealkylation sites (tertiary alicyclic amines) is 1. The molecule has 1 aromatic heterocycles. The Hall–Kier alpha value is -1.06. The molecule has 1 unspecified atom stereocenters. The Morgan fingerprint density at radius 1 is 1.44 bits per heavy atom. The fourth-order valence-corrected chi connectivity index (χ4v) is 4.81. The van der Waals surface area contributed by atoms with Crippen LogP contribution in [0.25, 0.3) is 0 Å². The fourth-order valence-electron chi connectivity index (χ4n) is 4.16. The van der Waals surface area contributed by atoms with Gasteiger partial charge in [-0.25, -0.2) is 4.98 Å². The van der Waals surface area contributed by atoms with Crippen LogP contribution in [0.15, 0.2) is 11.6 Å². The molecule has 4 rings (SSSR count). The van der Waals surface area contributed by atoms with Crippen LogP contribution in [0.3, 0.4) is 0 Å². The molecular weight excluding hydrogens is 340 g/mol. The zero-order valence-electron chi connectivity index (χ0n) is 14.4. The van der Waals surface area contributed by atoms with E-state index in [0.717, 1.165) is 44.1 Å². The Morgan fingerprint density at radius 2 is 2.28 bits per heavy atom. The van der Waals surface area contributed by atoms with Crippen LogP contribution in [0.2, 0.25) is 0 Å². The maximum Gasteiger partial charge on any atom is 0.242 e. The van der Waals surface area contributed by atoms with Crippen molar-refractivity contribution in [2.45, 2.75) is 43.6 Å². The summed E-state index contributed by atoms with van der Waals surface area (Å²) in [6.45, 7) is 5.57. The highest BCUT2D eigenvalue weighted by atomic mass is 32.1. The van der Waals surface area contributed by atoms with Crippen molar-refractivity contribution in [2.75, 3.05) is 39.3 Å². The molecule has 1 spiro atoms. The second-order valence-electron chi connectivity index (χ2n) is 7.28. The van der Waals surface area contributed by atoms with Crippen LogP contribution in [0.4, 0.5) is 0 Å². The number of morpholine rings is 1. The molecule has 3 saturated heterocycles. The normalized spacial score (nSPS) is 30.0. The molecule has 7 nitrogen and oxygen atoms in total. The summed E-state index contributed by atoms with van der Waals surface area (Å²) in [5.74, 6) is 0.0373. The van der Waals surface area contributed by atoms with Crippen LogP contribution < -0.4 is 5.32 Å². The van der Waals surface area contributed by atoms with E-state index in [1.807, 2.05) is 16.5 Å². The number of aromatic nitrogens is 1. The van der Waals surface area contributed by atoms with Gasteiger partial charge in [0.25, 0.3) is 0 Å². The van der Waals surface area contributed by atoms with Gasteiger partial charge in [0.05, 0.1) is 24.9 Å². The second kappa shape index (κ2) is 7.28. The number of carbonyl (C=O) groups is 1. The van der Waals surface area contributed by atoms with Crippen LogP contribution in [0, 0.1) is 0 Å². The standard InChI is InChI=1S/C17H26N4O3S/c22-13-1-4-19-15(13)16(23)21-6-2-17(3-7-21)12-20(8-9-24-17)11-14-18-5-10-25-14/h5,10,13,15,19,22H,1-4,6-9,11-12H2/t13-,15?/m0/s1. The van der Waals surface area contributed by atoms with Crippen molar-refractivity contribution < 1.29 is 14.6 Å². The SMILES string of the molecule is O=C(C1NCC[C@@H]1O)N1CCC2(CC1)CN(Cc1nccs1)CCO2. The predicted octanol–water partition coefficient (Wildman–Crippen LogP) is 0.0593. The van der Waals surface area contributed by atoms with Gasteiger partial charge in [0.2, 0.25) is 5.91 Å². The minimum absolute atomic E-state index is 0.0373. The first-order valence-electron chi connectivity index (χ1n) is 9.10. The molecule has 8 heteroatoms. The molecule has 3 aliphatic heterocycles. The smallest absolute Gasteiger partial charge is 0.242 e. The summed E-state index contributed by atoms with van der Waals surface area (Å²) in [6, 6.07) is -0.428. The van der Waals surface area contributed by atoms with Crippen molar-refractivity contribution in [3.05, 3.63) is 16.6 Å². The Bertz CT molecular complexity index is 589. The van der Waals surface area contributed by atoms with Crippen molar-refractivity contribution in [2.24, 2.45) is 0 Å². The summed E-state index contributed by atoms with van der Waals surface area (Å²) < 4.78 is 6.17. The lowest BCUT2D eigenvalue weighted by molar-refractivity contribution is -0.153. The van der Waals surface area contributed by atoms with Crippen molar-refractivity contribution in [3.63, 3.8) is 0 Å². The lowest BCUT2D eigenvalue weighted by Crippen LogP contribution is -2.59. The van der Waals surface area contributed by atoms with E-state index >= 15 is 0 Å². The van der Waals surface area contributed by atoms with Gasteiger partial charge in [0.1, 0.15) is 11.0 Å². The van der Waals surface area contributed by atoms with Gasteiger partial charge in [-0.15, -0.1) is 11.3 Å². The molecule has 1 aromatic rings. The third kappa shape index (κ3) is 3.73. The second-order valence-corrected chi connectivity index (χ2v) is 8.26. The highest BCUT2D eigenvalue weighted by Gasteiger charge is 2.42. The Kier molecular flexibility index (Phi) is 5.06. The number of ether oxygens (including phenoxy) is 1. The highest BCUT2D eigenvalue weighted by Crippen LogP contribution is 2.31. The third-order valence-electron chi connectivity index (χ3n) is 5.61.